The molecule has 2 aliphatic rings. The Labute approximate surface area is 152 Å². The monoisotopic (exact) mass is 356 g/mol. The third-order valence-electron chi connectivity index (χ3n) is 5.60. The van der Waals surface area contributed by atoms with Crippen LogP contribution in [-0.4, -0.2) is 35.0 Å². The number of rotatable bonds is 2. The summed E-state index contributed by atoms with van der Waals surface area (Å²) in [4.78, 5) is 14.8. The fourth-order valence-corrected chi connectivity index (χ4v) is 4.42. The van der Waals surface area contributed by atoms with Gasteiger partial charge in [0.05, 0.1) is 10.6 Å². The van der Waals surface area contributed by atoms with Crippen molar-refractivity contribution in [2.75, 3.05) is 13.1 Å². The molecule has 130 valence electrons. The zero-order valence-corrected chi connectivity index (χ0v) is 14.6. The van der Waals surface area contributed by atoms with E-state index in [-0.39, 0.29) is 28.3 Å². The number of phenolic OH excluding ortho intramolecular Hbond substituents is 1. The molecule has 3 N–H and O–H groups in total. The summed E-state index contributed by atoms with van der Waals surface area (Å²) in [5.41, 5.74) is 8.21. The third kappa shape index (κ3) is 2.90. The highest BCUT2D eigenvalue weighted by atomic mass is 35.5. The molecular formula is C20H21ClN2O2. The molecule has 4 rings (SSSR count). The first kappa shape index (κ1) is 16.4. The number of carbonyl (C=O) groups is 1. The fraction of sp³-hybridized carbons (Fsp3) is 0.350. The number of nitrogens with zero attached hydrogens (tertiary/aromatic N) is 1. The number of amides is 1. The van der Waals surface area contributed by atoms with Gasteiger partial charge in [-0.3, -0.25) is 4.79 Å². The number of hydrogen-bond donors (Lipinski definition) is 2. The summed E-state index contributed by atoms with van der Waals surface area (Å²) in [7, 11) is 0. The van der Waals surface area contributed by atoms with E-state index in [0.29, 0.717) is 24.9 Å². The maximum absolute atomic E-state index is 13.0. The zero-order chi connectivity index (χ0) is 17.6. The molecule has 3 atom stereocenters. The Bertz CT molecular complexity index is 809. The van der Waals surface area contributed by atoms with Gasteiger partial charge >= 0.3 is 0 Å². The number of phenols is 1. The molecule has 0 radical (unpaired) electrons. The molecule has 1 saturated carbocycles. The van der Waals surface area contributed by atoms with E-state index < -0.39 is 0 Å². The van der Waals surface area contributed by atoms with Crippen molar-refractivity contribution in [3.05, 3.63) is 53.1 Å². The lowest BCUT2D eigenvalue weighted by Crippen LogP contribution is -2.33. The Hall–Kier alpha value is -2.04. The number of likely N-dealkylation sites (tertiary alicyclic amines) is 1. The van der Waals surface area contributed by atoms with Crippen LogP contribution in [-0.2, 0) is 0 Å². The van der Waals surface area contributed by atoms with Gasteiger partial charge in [0.25, 0.3) is 5.91 Å². The second-order valence-electron chi connectivity index (χ2n) is 7.10. The van der Waals surface area contributed by atoms with Crippen molar-refractivity contribution in [3.8, 4) is 16.9 Å². The van der Waals surface area contributed by atoms with Crippen LogP contribution < -0.4 is 5.73 Å². The van der Waals surface area contributed by atoms with Gasteiger partial charge in [-0.1, -0.05) is 41.9 Å². The van der Waals surface area contributed by atoms with Gasteiger partial charge in [-0.05, 0) is 47.9 Å². The van der Waals surface area contributed by atoms with Crippen LogP contribution in [0.3, 0.4) is 0 Å². The van der Waals surface area contributed by atoms with E-state index in [4.69, 9.17) is 17.3 Å². The van der Waals surface area contributed by atoms with E-state index in [2.05, 4.69) is 0 Å². The zero-order valence-electron chi connectivity index (χ0n) is 13.9. The molecule has 0 bridgehead atoms. The maximum Gasteiger partial charge on any atom is 0.257 e. The number of nitrogens with two attached hydrogens (primary N) is 1. The van der Waals surface area contributed by atoms with Gasteiger partial charge in [0.2, 0.25) is 0 Å². The normalized spacial score (nSPS) is 25.2. The number of halogens is 1. The molecule has 1 saturated heterocycles. The van der Waals surface area contributed by atoms with Crippen LogP contribution in [0, 0.1) is 11.8 Å². The maximum atomic E-state index is 13.0. The highest BCUT2D eigenvalue weighted by molar-refractivity contribution is 6.33. The largest absolute Gasteiger partial charge is 0.506 e. The number of hydrogen-bond acceptors (Lipinski definition) is 3. The highest BCUT2D eigenvalue weighted by Crippen LogP contribution is 2.39. The first-order valence-electron chi connectivity index (χ1n) is 8.67. The van der Waals surface area contributed by atoms with Crippen molar-refractivity contribution < 1.29 is 9.90 Å². The van der Waals surface area contributed by atoms with Crippen LogP contribution in [0.5, 0.6) is 5.75 Å². The van der Waals surface area contributed by atoms with Crippen LogP contribution in [0.2, 0.25) is 5.02 Å². The minimum Gasteiger partial charge on any atom is -0.506 e. The summed E-state index contributed by atoms with van der Waals surface area (Å²) in [6.45, 7) is 1.38. The lowest BCUT2D eigenvalue weighted by Gasteiger charge is -2.20. The van der Waals surface area contributed by atoms with Crippen LogP contribution in [0.15, 0.2) is 42.5 Å². The predicted octanol–water partition coefficient (Wildman–Crippen LogP) is 3.52. The van der Waals surface area contributed by atoms with Gasteiger partial charge in [0.15, 0.2) is 0 Å². The summed E-state index contributed by atoms with van der Waals surface area (Å²) < 4.78 is 0. The van der Waals surface area contributed by atoms with Crippen LogP contribution in [0.4, 0.5) is 0 Å². The summed E-state index contributed by atoms with van der Waals surface area (Å²) in [5.74, 6) is 0.541. The van der Waals surface area contributed by atoms with Gasteiger partial charge in [-0.15, -0.1) is 0 Å². The molecule has 0 spiro atoms. The standard InChI is InChI=1S/C20H21ClN2O2/c21-17-9-14(12-4-2-1-3-5-12)8-15(19(17)24)20(25)23-10-13-6-7-18(22)16(13)11-23/h1-5,8-9,13,16,18,24H,6-7,10-11,22H2. The van der Waals surface area contributed by atoms with E-state index in [9.17, 15) is 9.90 Å². The summed E-state index contributed by atoms with van der Waals surface area (Å²) in [6.07, 6.45) is 2.12. The fourth-order valence-electron chi connectivity index (χ4n) is 4.20. The van der Waals surface area contributed by atoms with Crippen molar-refractivity contribution >= 4 is 17.5 Å². The Morgan fingerprint density at radius 1 is 1.12 bits per heavy atom. The summed E-state index contributed by atoms with van der Waals surface area (Å²) in [6, 6.07) is 13.3. The van der Waals surface area contributed by atoms with Crippen molar-refractivity contribution in [3.63, 3.8) is 0 Å². The molecule has 25 heavy (non-hydrogen) atoms. The van der Waals surface area contributed by atoms with E-state index in [0.717, 1.165) is 24.0 Å². The quantitative estimate of drug-likeness (QED) is 0.865. The Morgan fingerprint density at radius 2 is 1.88 bits per heavy atom. The second kappa shape index (κ2) is 6.36. The Morgan fingerprint density at radius 3 is 2.60 bits per heavy atom. The van der Waals surface area contributed by atoms with Crippen LogP contribution in [0.1, 0.15) is 23.2 Å². The van der Waals surface area contributed by atoms with Crippen LogP contribution >= 0.6 is 11.6 Å². The molecule has 2 aromatic rings. The SMILES string of the molecule is NC1CCC2CN(C(=O)c3cc(-c4ccccc4)cc(Cl)c3O)CC12. The van der Waals surface area contributed by atoms with Crippen molar-refractivity contribution in [2.45, 2.75) is 18.9 Å². The number of benzene rings is 2. The molecular weight excluding hydrogens is 336 g/mol. The van der Waals surface area contributed by atoms with Crippen LogP contribution in [0.25, 0.3) is 11.1 Å². The Balaban J connectivity index is 1.66. The molecule has 3 unspecified atom stereocenters. The molecule has 2 aromatic carbocycles. The smallest absolute Gasteiger partial charge is 0.257 e. The first-order chi connectivity index (χ1) is 12.0. The lowest BCUT2D eigenvalue weighted by molar-refractivity contribution is 0.0776. The molecule has 5 heteroatoms. The highest BCUT2D eigenvalue weighted by Gasteiger charge is 2.43. The molecule has 4 nitrogen and oxygen atoms in total. The summed E-state index contributed by atoms with van der Waals surface area (Å²) >= 11 is 6.20. The minimum atomic E-state index is -0.168. The van der Waals surface area contributed by atoms with E-state index in [1.54, 1.807) is 12.1 Å². The van der Waals surface area contributed by atoms with E-state index >= 15 is 0 Å². The molecule has 1 aliphatic heterocycles. The number of aromatic hydroxyl groups is 1. The van der Waals surface area contributed by atoms with Crippen molar-refractivity contribution in [1.82, 2.24) is 4.90 Å². The third-order valence-corrected chi connectivity index (χ3v) is 5.89. The molecule has 1 aliphatic carbocycles. The molecule has 1 amide bonds. The van der Waals surface area contributed by atoms with Crippen molar-refractivity contribution in [2.24, 2.45) is 17.6 Å². The van der Waals surface area contributed by atoms with E-state index in [1.807, 2.05) is 35.2 Å². The van der Waals surface area contributed by atoms with Gasteiger partial charge in [0.1, 0.15) is 5.75 Å². The molecule has 2 fully saturated rings. The topological polar surface area (TPSA) is 66.6 Å². The van der Waals surface area contributed by atoms with Crippen molar-refractivity contribution in [1.29, 1.82) is 0 Å². The average molecular weight is 357 g/mol. The second-order valence-corrected chi connectivity index (χ2v) is 7.50. The summed E-state index contributed by atoms with van der Waals surface area (Å²) in [5, 5.41) is 10.5. The number of carbonyl (C=O) groups excluding carboxylic acids is 1. The van der Waals surface area contributed by atoms with Gasteiger partial charge in [0, 0.05) is 19.1 Å². The van der Waals surface area contributed by atoms with Gasteiger partial charge < -0.3 is 15.7 Å². The first-order valence-corrected chi connectivity index (χ1v) is 9.05. The minimum absolute atomic E-state index is 0.146. The molecule has 1 heterocycles. The average Bonchev–Trinajstić information content (AvgIpc) is 3.20. The van der Waals surface area contributed by atoms with E-state index in [1.165, 1.54) is 0 Å². The Kier molecular flexibility index (Phi) is 4.18. The number of fused-ring (bicyclic) bond motifs is 1. The van der Waals surface area contributed by atoms with Gasteiger partial charge in [-0.2, -0.15) is 0 Å². The lowest BCUT2D eigenvalue weighted by atomic mass is 9.98. The van der Waals surface area contributed by atoms with Gasteiger partial charge in [-0.25, -0.2) is 0 Å². The predicted molar refractivity (Wildman–Crippen MR) is 98.6 cm³/mol. The molecule has 0 aromatic heterocycles.